The fourth-order valence-electron chi connectivity index (χ4n) is 1.54. The average Bonchev–Trinajstić information content (AvgIpc) is 2.10. The van der Waals surface area contributed by atoms with Gasteiger partial charge in [-0.1, -0.05) is 13.8 Å². The Balaban J connectivity index is 2.89. The van der Waals surface area contributed by atoms with Gasteiger partial charge in [0.05, 0.1) is 6.07 Å². The first kappa shape index (κ1) is 7.56. The van der Waals surface area contributed by atoms with E-state index in [4.69, 9.17) is 5.26 Å². The van der Waals surface area contributed by atoms with Crippen LogP contribution >= 0.6 is 0 Å². The quantitative estimate of drug-likeness (QED) is 0.516. The van der Waals surface area contributed by atoms with Crippen LogP contribution in [0.2, 0.25) is 0 Å². The summed E-state index contributed by atoms with van der Waals surface area (Å²) in [5.41, 5.74) is -1.27. The summed E-state index contributed by atoms with van der Waals surface area (Å²) in [4.78, 5) is 0. The SMILES string of the molecule is CC1(C)CCC[C@@]1(O)C#N. The number of hydrogen-bond acceptors (Lipinski definition) is 2. The summed E-state index contributed by atoms with van der Waals surface area (Å²) in [5, 5.41) is 18.3. The van der Waals surface area contributed by atoms with E-state index in [1.54, 1.807) is 0 Å². The topological polar surface area (TPSA) is 44.0 Å². The van der Waals surface area contributed by atoms with Gasteiger partial charge in [-0.25, -0.2) is 0 Å². The van der Waals surface area contributed by atoms with Crippen LogP contribution in [0.5, 0.6) is 0 Å². The molecule has 0 aromatic carbocycles. The van der Waals surface area contributed by atoms with E-state index in [-0.39, 0.29) is 5.41 Å². The molecule has 0 saturated heterocycles. The van der Waals surface area contributed by atoms with E-state index in [1.807, 2.05) is 19.9 Å². The molecule has 1 atom stereocenters. The molecule has 1 aliphatic rings. The van der Waals surface area contributed by atoms with Gasteiger partial charge in [0.25, 0.3) is 0 Å². The summed E-state index contributed by atoms with van der Waals surface area (Å²) < 4.78 is 0. The molecule has 0 aliphatic heterocycles. The first-order valence-electron chi connectivity index (χ1n) is 3.65. The Labute approximate surface area is 61.5 Å². The highest BCUT2D eigenvalue weighted by molar-refractivity contribution is 5.12. The molecule has 0 amide bonds. The van der Waals surface area contributed by atoms with Gasteiger partial charge in [0, 0.05) is 5.41 Å². The summed E-state index contributed by atoms with van der Waals surface area (Å²) in [6.45, 7) is 3.90. The fourth-order valence-corrected chi connectivity index (χ4v) is 1.54. The number of hydrogen-bond donors (Lipinski definition) is 1. The van der Waals surface area contributed by atoms with Crippen LogP contribution in [-0.2, 0) is 0 Å². The van der Waals surface area contributed by atoms with Crippen LogP contribution in [0.3, 0.4) is 0 Å². The predicted molar refractivity (Wildman–Crippen MR) is 38.2 cm³/mol. The summed E-state index contributed by atoms with van der Waals surface area (Å²) in [6, 6.07) is 1.99. The lowest BCUT2D eigenvalue weighted by Crippen LogP contribution is -2.37. The maximum absolute atomic E-state index is 9.67. The van der Waals surface area contributed by atoms with Gasteiger partial charge in [0.15, 0.2) is 5.60 Å². The van der Waals surface area contributed by atoms with Crippen molar-refractivity contribution < 1.29 is 5.11 Å². The van der Waals surface area contributed by atoms with Gasteiger partial charge >= 0.3 is 0 Å². The second-order valence-electron chi connectivity index (χ2n) is 3.71. The molecular formula is C8H13NO. The number of nitrogens with zero attached hydrogens (tertiary/aromatic N) is 1. The third-order valence-electron chi connectivity index (χ3n) is 2.64. The minimum absolute atomic E-state index is 0.207. The van der Waals surface area contributed by atoms with Crippen LogP contribution < -0.4 is 0 Å². The lowest BCUT2D eigenvalue weighted by atomic mass is 9.79. The van der Waals surface area contributed by atoms with E-state index in [2.05, 4.69) is 0 Å². The summed E-state index contributed by atoms with van der Waals surface area (Å²) >= 11 is 0. The highest BCUT2D eigenvalue weighted by Crippen LogP contribution is 2.45. The Morgan fingerprint density at radius 2 is 2.00 bits per heavy atom. The second-order valence-corrected chi connectivity index (χ2v) is 3.71. The van der Waals surface area contributed by atoms with Crippen molar-refractivity contribution in [3.8, 4) is 6.07 Å². The zero-order chi connectivity index (χ0) is 7.83. The third-order valence-corrected chi connectivity index (χ3v) is 2.64. The monoisotopic (exact) mass is 139 g/mol. The molecule has 0 aromatic heterocycles. The lowest BCUT2D eigenvalue weighted by Gasteiger charge is -2.29. The Hall–Kier alpha value is -0.550. The van der Waals surface area contributed by atoms with Gasteiger partial charge in [0.1, 0.15) is 0 Å². The molecule has 2 nitrogen and oxygen atoms in total. The fraction of sp³-hybridized carbons (Fsp3) is 0.875. The van der Waals surface area contributed by atoms with Gasteiger partial charge in [-0.2, -0.15) is 5.26 Å². The minimum atomic E-state index is -1.06. The van der Waals surface area contributed by atoms with Gasteiger partial charge in [-0.3, -0.25) is 0 Å². The van der Waals surface area contributed by atoms with Gasteiger partial charge in [-0.15, -0.1) is 0 Å². The Morgan fingerprint density at radius 1 is 1.40 bits per heavy atom. The van der Waals surface area contributed by atoms with E-state index in [9.17, 15) is 5.11 Å². The van der Waals surface area contributed by atoms with Crippen molar-refractivity contribution >= 4 is 0 Å². The van der Waals surface area contributed by atoms with E-state index in [1.165, 1.54) is 0 Å². The molecule has 1 fully saturated rings. The van der Waals surface area contributed by atoms with Crippen molar-refractivity contribution in [3.05, 3.63) is 0 Å². The number of nitriles is 1. The molecule has 0 spiro atoms. The van der Waals surface area contributed by atoms with Crippen molar-refractivity contribution in [1.82, 2.24) is 0 Å². The molecule has 10 heavy (non-hydrogen) atoms. The van der Waals surface area contributed by atoms with E-state index in [0.29, 0.717) is 6.42 Å². The summed E-state index contributed by atoms with van der Waals surface area (Å²) in [5.74, 6) is 0. The molecule has 0 heterocycles. The molecule has 1 rings (SSSR count). The number of aliphatic hydroxyl groups is 1. The Bertz CT molecular complexity index is 180. The molecule has 0 aromatic rings. The highest BCUT2D eigenvalue weighted by Gasteiger charge is 2.47. The predicted octanol–water partition coefficient (Wildman–Crippen LogP) is 1.45. The molecular weight excluding hydrogens is 126 g/mol. The van der Waals surface area contributed by atoms with Crippen LogP contribution in [0, 0.1) is 16.7 Å². The lowest BCUT2D eigenvalue weighted by molar-refractivity contribution is 0.0100. The minimum Gasteiger partial charge on any atom is -0.375 e. The Kier molecular flexibility index (Phi) is 1.48. The first-order chi connectivity index (χ1) is 4.52. The molecule has 56 valence electrons. The first-order valence-corrected chi connectivity index (χ1v) is 3.65. The molecule has 2 heteroatoms. The highest BCUT2D eigenvalue weighted by atomic mass is 16.3. The molecule has 0 radical (unpaired) electrons. The van der Waals surface area contributed by atoms with Crippen LogP contribution in [0.4, 0.5) is 0 Å². The van der Waals surface area contributed by atoms with Crippen LogP contribution in [0.25, 0.3) is 0 Å². The largest absolute Gasteiger partial charge is 0.375 e. The van der Waals surface area contributed by atoms with Crippen molar-refractivity contribution in [2.24, 2.45) is 5.41 Å². The summed E-state index contributed by atoms with van der Waals surface area (Å²) in [6.07, 6.45) is 2.56. The zero-order valence-corrected chi connectivity index (χ0v) is 6.52. The second kappa shape index (κ2) is 1.96. The smallest absolute Gasteiger partial charge is 0.156 e. The third kappa shape index (κ3) is 0.819. The van der Waals surface area contributed by atoms with Gasteiger partial charge in [0.2, 0.25) is 0 Å². The Morgan fingerprint density at radius 3 is 2.20 bits per heavy atom. The van der Waals surface area contributed by atoms with Crippen molar-refractivity contribution in [2.45, 2.75) is 38.7 Å². The van der Waals surface area contributed by atoms with Crippen LogP contribution in [-0.4, -0.2) is 10.7 Å². The van der Waals surface area contributed by atoms with Gasteiger partial charge in [-0.05, 0) is 19.3 Å². The number of rotatable bonds is 0. The van der Waals surface area contributed by atoms with Crippen molar-refractivity contribution in [1.29, 1.82) is 5.26 Å². The molecule has 1 N–H and O–H groups in total. The van der Waals surface area contributed by atoms with E-state index in [0.717, 1.165) is 12.8 Å². The molecule has 1 aliphatic carbocycles. The zero-order valence-electron chi connectivity index (χ0n) is 6.52. The maximum atomic E-state index is 9.67. The maximum Gasteiger partial charge on any atom is 0.156 e. The summed E-state index contributed by atoms with van der Waals surface area (Å²) in [7, 11) is 0. The van der Waals surface area contributed by atoms with Crippen molar-refractivity contribution in [3.63, 3.8) is 0 Å². The molecule has 1 saturated carbocycles. The van der Waals surface area contributed by atoms with Crippen LogP contribution in [0.1, 0.15) is 33.1 Å². The standard InChI is InChI=1S/C8H13NO/c1-7(2)4-3-5-8(7,10)6-9/h10H,3-5H2,1-2H3/t8-/m1/s1. The van der Waals surface area contributed by atoms with Crippen molar-refractivity contribution in [2.75, 3.05) is 0 Å². The van der Waals surface area contributed by atoms with Gasteiger partial charge < -0.3 is 5.11 Å². The normalized spacial score (nSPS) is 37.4. The molecule has 0 unspecified atom stereocenters. The van der Waals surface area contributed by atoms with E-state index < -0.39 is 5.60 Å². The van der Waals surface area contributed by atoms with E-state index >= 15 is 0 Å². The van der Waals surface area contributed by atoms with Crippen LogP contribution in [0.15, 0.2) is 0 Å². The molecule has 0 bridgehead atoms. The average molecular weight is 139 g/mol.